The number of fused-ring (bicyclic) bond motifs is 1. The maximum absolute atomic E-state index is 10.0. The zero-order chi connectivity index (χ0) is 15.0. The first-order chi connectivity index (χ1) is 10.0. The second-order valence-corrected chi connectivity index (χ2v) is 5.77. The van der Waals surface area contributed by atoms with E-state index in [0.29, 0.717) is 0 Å². The fourth-order valence-corrected chi connectivity index (χ4v) is 2.69. The molecule has 1 atom stereocenters. The molecule has 1 heterocycles. The summed E-state index contributed by atoms with van der Waals surface area (Å²) in [6.45, 7) is 0.782. The van der Waals surface area contributed by atoms with Crippen LogP contribution in [0.4, 0.5) is 17.1 Å². The number of rotatable bonds is 3. The SMILES string of the molecule is CN(C)c1cccc(Nc2ccc3c(c2)CN(C)C3O)c1. The Morgan fingerprint density at radius 1 is 1.14 bits per heavy atom. The summed E-state index contributed by atoms with van der Waals surface area (Å²) in [5.74, 6) is 0. The Hall–Kier alpha value is -2.04. The quantitative estimate of drug-likeness (QED) is 0.908. The summed E-state index contributed by atoms with van der Waals surface area (Å²) in [5.41, 5.74) is 5.46. The molecular formula is C17H21N3O. The lowest BCUT2D eigenvalue weighted by molar-refractivity contribution is 0.0337. The summed E-state index contributed by atoms with van der Waals surface area (Å²) in [6, 6.07) is 14.4. The molecule has 110 valence electrons. The van der Waals surface area contributed by atoms with Crippen molar-refractivity contribution in [3.05, 3.63) is 53.6 Å². The molecule has 0 amide bonds. The lowest BCUT2D eigenvalue weighted by Gasteiger charge is -2.15. The van der Waals surface area contributed by atoms with E-state index in [4.69, 9.17) is 0 Å². The van der Waals surface area contributed by atoms with E-state index in [0.717, 1.165) is 29.2 Å². The summed E-state index contributed by atoms with van der Waals surface area (Å²) < 4.78 is 0. The molecule has 0 bridgehead atoms. The first-order valence-electron chi connectivity index (χ1n) is 7.10. The Morgan fingerprint density at radius 2 is 1.90 bits per heavy atom. The molecule has 3 rings (SSSR count). The van der Waals surface area contributed by atoms with E-state index in [-0.39, 0.29) is 0 Å². The highest BCUT2D eigenvalue weighted by molar-refractivity contribution is 5.66. The van der Waals surface area contributed by atoms with Gasteiger partial charge in [-0.2, -0.15) is 0 Å². The third-order valence-corrected chi connectivity index (χ3v) is 3.91. The van der Waals surface area contributed by atoms with E-state index in [2.05, 4.69) is 34.5 Å². The number of aliphatic hydroxyl groups excluding tert-OH is 1. The highest BCUT2D eigenvalue weighted by Crippen LogP contribution is 2.33. The van der Waals surface area contributed by atoms with Crippen LogP contribution < -0.4 is 10.2 Å². The van der Waals surface area contributed by atoms with Crippen LogP contribution in [-0.2, 0) is 6.54 Å². The first-order valence-corrected chi connectivity index (χ1v) is 7.10. The van der Waals surface area contributed by atoms with Crippen LogP contribution in [0, 0.1) is 0 Å². The van der Waals surface area contributed by atoms with Crippen LogP contribution in [0.1, 0.15) is 17.4 Å². The van der Waals surface area contributed by atoms with E-state index >= 15 is 0 Å². The van der Waals surface area contributed by atoms with Gasteiger partial charge in [0.25, 0.3) is 0 Å². The maximum atomic E-state index is 10.0. The number of hydrogen-bond acceptors (Lipinski definition) is 4. The van der Waals surface area contributed by atoms with Crippen molar-refractivity contribution >= 4 is 17.1 Å². The summed E-state index contributed by atoms with van der Waals surface area (Å²) in [7, 11) is 6.00. The van der Waals surface area contributed by atoms with E-state index < -0.39 is 6.23 Å². The lowest BCUT2D eigenvalue weighted by atomic mass is 10.1. The molecular weight excluding hydrogens is 262 g/mol. The molecule has 0 aromatic heterocycles. The Morgan fingerprint density at radius 3 is 2.67 bits per heavy atom. The van der Waals surface area contributed by atoms with Gasteiger partial charge in [-0.3, -0.25) is 4.90 Å². The minimum atomic E-state index is -0.480. The third-order valence-electron chi connectivity index (χ3n) is 3.91. The number of anilines is 3. The van der Waals surface area contributed by atoms with E-state index in [1.807, 2.05) is 44.2 Å². The Bertz CT molecular complexity index is 654. The molecule has 0 saturated heterocycles. The normalized spacial score (nSPS) is 17.6. The van der Waals surface area contributed by atoms with Crippen molar-refractivity contribution in [1.82, 2.24) is 4.90 Å². The minimum Gasteiger partial charge on any atom is -0.378 e. The number of aliphatic hydroxyl groups is 1. The number of hydrogen-bond donors (Lipinski definition) is 2. The van der Waals surface area contributed by atoms with Crippen molar-refractivity contribution in [2.75, 3.05) is 31.4 Å². The standard InChI is InChI=1S/C17H21N3O/c1-19(2)15-6-4-5-13(10-15)18-14-7-8-16-12(9-14)11-20(3)17(16)21/h4-10,17-18,21H,11H2,1-3H3. The third kappa shape index (κ3) is 2.73. The maximum Gasteiger partial charge on any atom is 0.133 e. The van der Waals surface area contributed by atoms with E-state index in [1.54, 1.807) is 0 Å². The number of nitrogens with one attached hydrogen (secondary N) is 1. The predicted molar refractivity (Wildman–Crippen MR) is 86.9 cm³/mol. The summed E-state index contributed by atoms with van der Waals surface area (Å²) >= 11 is 0. The molecule has 0 spiro atoms. The van der Waals surface area contributed by atoms with Crippen molar-refractivity contribution in [2.45, 2.75) is 12.8 Å². The van der Waals surface area contributed by atoms with Crippen molar-refractivity contribution < 1.29 is 5.11 Å². The average molecular weight is 283 g/mol. The molecule has 4 heteroatoms. The molecule has 1 aliphatic rings. The van der Waals surface area contributed by atoms with Crippen LogP contribution in [0.15, 0.2) is 42.5 Å². The number of nitrogens with zero attached hydrogens (tertiary/aromatic N) is 2. The molecule has 2 N–H and O–H groups in total. The predicted octanol–water partition coefficient (Wildman–Crippen LogP) is 2.93. The van der Waals surface area contributed by atoms with Gasteiger partial charge in [0.2, 0.25) is 0 Å². The van der Waals surface area contributed by atoms with Gasteiger partial charge < -0.3 is 15.3 Å². The fraction of sp³-hybridized carbons (Fsp3) is 0.294. The van der Waals surface area contributed by atoms with Gasteiger partial charge in [0.05, 0.1) is 0 Å². The van der Waals surface area contributed by atoms with Crippen LogP contribution in [0.3, 0.4) is 0 Å². The molecule has 1 aliphatic heterocycles. The largest absolute Gasteiger partial charge is 0.378 e. The fourth-order valence-electron chi connectivity index (χ4n) is 2.69. The van der Waals surface area contributed by atoms with E-state index in [9.17, 15) is 5.11 Å². The molecule has 0 saturated carbocycles. The van der Waals surface area contributed by atoms with Crippen molar-refractivity contribution in [2.24, 2.45) is 0 Å². The highest BCUT2D eigenvalue weighted by Gasteiger charge is 2.25. The Labute approximate surface area is 125 Å². The van der Waals surface area contributed by atoms with Gasteiger partial charge in [-0.05, 0) is 48.5 Å². The van der Waals surface area contributed by atoms with Gasteiger partial charge in [0, 0.05) is 37.7 Å². The summed E-state index contributed by atoms with van der Waals surface area (Å²) in [5, 5.41) is 13.5. The molecule has 0 aliphatic carbocycles. The van der Waals surface area contributed by atoms with Crippen LogP contribution in [0.25, 0.3) is 0 Å². The van der Waals surface area contributed by atoms with Crippen LogP contribution in [-0.4, -0.2) is 31.1 Å². The van der Waals surface area contributed by atoms with Crippen LogP contribution in [0.5, 0.6) is 0 Å². The lowest BCUT2D eigenvalue weighted by Crippen LogP contribution is -2.15. The van der Waals surface area contributed by atoms with Gasteiger partial charge in [-0.25, -0.2) is 0 Å². The minimum absolute atomic E-state index is 0.480. The summed E-state index contributed by atoms with van der Waals surface area (Å²) in [6.07, 6.45) is -0.480. The molecule has 21 heavy (non-hydrogen) atoms. The molecule has 1 unspecified atom stereocenters. The highest BCUT2D eigenvalue weighted by atomic mass is 16.3. The molecule has 2 aromatic rings. The zero-order valence-corrected chi connectivity index (χ0v) is 12.7. The molecule has 0 radical (unpaired) electrons. The van der Waals surface area contributed by atoms with Gasteiger partial charge >= 0.3 is 0 Å². The Balaban J connectivity index is 1.83. The Kier molecular flexibility index (Phi) is 3.57. The molecule has 2 aromatic carbocycles. The molecule has 0 fully saturated rings. The van der Waals surface area contributed by atoms with Gasteiger partial charge in [-0.1, -0.05) is 12.1 Å². The summed E-state index contributed by atoms with van der Waals surface area (Å²) in [4.78, 5) is 4.01. The van der Waals surface area contributed by atoms with Gasteiger partial charge in [0.1, 0.15) is 6.23 Å². The smallest absolute Gasteiger partial charge is 0.133 e. The topological polar surface area (TPSA) is 38.7 Å². The van der Waals surface area contributed by atoms with Crippen molar-refractivity contribution in [1.29, 1.82) is 0 Å². The zero-order valence-electron chi connectivity index (χ0n) is 12.7. The van der Waals surface area contributed by atoms with Gasteiger partial charge in [-0.15, -0.1) is 0 Å². The number of benzene rings is 2. The second kappa shape index (κ2) is 5.39. The average Bonchev–Trinajstić information content (AvgIpc) is 2.74. The first kappa shape index (κ1) is 13.9. The second-order valence-electron chi connectivity index (χ2n) is 5.77. The van der Waals surface area contributed by atoms with Gasteiger partial charge in [0.15, 0.2) is 0 Å². The van der Waals surface area contributed by atoms with Crippen molar-refractivity contribution in [3.8, 4) is 0 Å². The van der Waals surface area contributed by atoms with E-state index in [1.165, 1.54) is 5.56 Å². The monoisotopic (exact) mass is 283 g/mol. The van der Waals surface area contributed by atoms with Crippen LogP contribution in [0.2, 0.25) is 0 Å². The van der Waals surface area contributed by atoms with Crippen molar-refractivity contribution in [3.63, 3.8) is 0 Å². The molecule has 4 nitrogen and oxygen atoms in total. The van der Waals surface area contributed by atoms with Crippen LogP contribution >= 0.6 is 0 Å².